The van der Waals surface area contributed by atoms with Crippen LogP contribution in [0.1, 0.15) is 12.5 Å². The van der Waals surface area contributed by atoms with E-state index < -0.39 is 5.54 Å². The maximum absolute atomic E-state index is 13.5. The van der Waals surface area contributed by atoms with Gasteiger partial charge in [0.15, 0.2) is 17.5 Å². The van der Waals surface area contributed by atoms with Crippen LogP contribution in [0.15, 0.2) is 23.2 Å². The monoisotopic (exact) mass is 223 g/mol. The largest absolute Gasteiger partial charge is 0.494 e. The highest BCUT2D eigenvalue weighted by Gasteiger charge is 2.31. The number of hydrogen-bond acceptors (Lipinski definition) is 4. The number of halogens is 1. The molecule has 86 valence electrons. The molecular formula is C11H14FN3O. The smallest absolute Gasteiger partial charge is 0.189 e. The molecule has 5 heteroatoms. The lowest BCUT2D eigenvalue weighted by atomic mass is 9.93. The number of nitrogens with zero attached hydrogens (tertiary/aromatic N) is 1. The van der Waals surface area contributed by atoms with Gasteiger partial charge in [-0.3, -0.25) is 4.99 Å². The van der Waals surface area contributed by atoms with Gasteiger partial charge >= 0.3 is 0 Å². The summed E-state index contributed by atoms with van der Waals surface area (Å²) in [5.74, 6) is 0.242. The van der Waals surface area contributed by atoms with Crippen molar-refractivity contribution in [1.82, 2.24) is 5.32 Å². The Balaban J connectivity index is 2.32. The Kier molecular flexibility index (Phi) is 2.46. The van der Waals surface area contributed by atoms with E-state index in [9.17, 15) is 4.39 Å². The van der Waals surface area contributed by atoms with Gasteiger partial charge in [0.1, 0.15) is 0 Å². The number of benzene rings is 1. The van der Waals surface area contributed by atoms with E-state index in [0.29, 0.717) is 12.5 Å². The summed E-state index contributed by atoms with van der Waals surface area (Å²) >= 11 is 0. The topological polar surface area (TPSA) is 59.6 Å². The standard InChI is InChI=1S/C11H14FN3O/c1-11(6-14-10(13)15-11)7-3-4-9(16-2)8(12)5-7/h3-5H,6H2,1-2H3,(H3,13,14,15). The highest BCUT2D eigenvalue weighted by Crippen LogP contribution is 2.27. The van der Waals surface area contributed by atoms with Crippen LogP contribution in [-0.2, 0) is 5.54 Å². The SMILES string of the molecule is COc1ccc(C2(C)CN=C(N)N2)cc1F. The number of methoxy groups -OCH3 is 1. The Hall–Kier alpha value is -1.78. The van der Waals surface area contributed by atoms with Crippen molar-refractivity contribution in [3.8, 4) is 5.75 Å². The number of aliphatic imine (C=N–C) groups is 1. The maximum atomic E-state index is 13.5. The minimum absolute atomic E-state index is 0.235. The summed E-state index contributed by atoms with van der Waals surface area (Å²) in [4.78, 5) is 4.07. The number of nitrogens with one attached hydrogen (secondary N) is 1. The molecule has 1 heterocycles. The lowest BCUT2D eigenvalue weighted by Gasteiger charge is -2.25. The molecule has 4 nitrogen and oxygen atoms in total. The molecule has 0 saturated carbocycles. The third-order valence-electron chi connectivity index (χ3n) is 2.76. The van der Waals surface area contributed by atoms with Gasteiger partial charge in [-0.05, 0) is 24.6 Å². The zero-order chi connectivity index (χ0) is 11.8. The van der Waals surface area contributed by atoms with E-state index in [-0.39, 0.29) is 11.6 Å². The summed E-state index contributed by atoms with van der Waals surface area (Å²) in [5, 5.41) is 3.03. The van der Waals surface area contributed by atoms with Crippen LogP contribution in [-0.4, -0.2) is 19.6 Å². The second-order valence-corrected chi connectivity index (χ2v) is 4.01. The van der Waals surface area contributed by atoms with Crippen LogP contribution in [0.2, 0.25) is 0 Å². The molecule has 2 rings (SSSR count). The first kappa shape index (κ1) is 10.7. The lowest BCUT2D eigenvalue weighted by molar-refractivity contribution is 0.384. The molecule has 1 aromatic rings. The van der Waals surface area contributed by atoms with Gasteiger partial charge in [-0.25, -0.2) is 4.39 Å². The molecule has 0 aromatic heterocycles. The van der Waals surface area contributed by atoms with E-state index in [1.54, 1.807) is 6.07 Å². The van der Waals surface area contributed by atoms with Crippen molar-refractivity contribution in [2.24, 2.45) is 10.7 Å². The lowest BCUT2D eigenvalue weighted by Crippen LogP contribution is -2.43. The zero-order valence-corrected chi connectivity index (χ0v) is 9.25. The molecule has 0 spiro atoms. The molecule has 1 atom stereocenters. The molecule has 1 aliphatic heterocycles. The molecule has 16 heavy (non-hydrogen) atoms. The van der Waals surface area contributed by atoms with Gasteiger partial charge in [-0.1, -0.05) is 6.07 Å². The van der Waals surface area contributed by atoms with E-state index in [0.717, 1.165) is 5.56 Å². The van der Waals surface area contributed by atoms with Gasteiger partial charge in [-0.2, -0.15) is 0 Å². The average Bonchev–Trinajstić information content (AvgIpc) is 2.60. The van der Waals surface area contributed by atoms with E-state index in [4.69, 9.17) is 10.5 Å². The number of nitrogens with two attached hydrogens (primary N) is 1. The molecular weight excluding hydrogens is 209 g/mol. The zero-order valence-electron chi connectivity index (χ0n) is 9.25. The van der Waals surface area contributed by atoms with Gasteiger partial charge < -0.3 is 15.8 Å². The summed E-state index contributed by atoms with van der Waals surface area (Å²) in [7, 11) is 1.44. The third kappa shape index (κ3) is 1.68. The van der Waals surface area contributed by atoms with Crippen molar-refractivity contribution >= 4 is 5.96 Å². The molecule has 0 saturated heterocycles. The fraction of sp³-hybridized carbons (Fsp3) is 0.364. The Morgan fingerprint density at radius 2 is 2.31 bits per heavy atom. The van der Waals surface area contributed by atoms with Gasteiger partial charge in [0.2, 0.25) is 0 Å². The van der Waals surface area contributed by atoms with Crippen LogP contribution in [0.4, 0.5) is 4.39 Å². The van der Waals surface area contributed by atoms with Crippen molar-refractivity contribution in [3.63, 3.8) is 0 Å². The van der Waals surface area contributed by atoms with Gasteiger partial charge in [-0.15, -0.1) is 0 Å². The molecule has 3 N–H and O–H groups in total. The van der Waals surface area contributed by atoms with E-state index >= 15 is 0 Å². The van der Waals surface area contributed by atoms with E-state index in [1.807, 2.05) is 13.0 Å². The summed E-state index contributed by atoms with van der Waals surface area (Å²) < 4.78 is 18.4. The van der Waals surface area contributed by atoms with Gasteiger partial charge in [0.05, 0.1) is 19.2 Å². The Bertz CT molecular complexity index is 447. The highest BCUT2D eigenvalue weighted by molar-refractivity contribution is 5.81. The summed E-state index contributed by atoms with van der Waals surface area (Å²) in [6.07, 6.45) is 0. The Labute approximate surface area is 93.3 Å². The maximum Gasteiger partial charge on any atom is 0.189 e. The first-order valence-electron chi connectivity index (χ1n) is 4.97. The number of guanidine groups is 1. The minimum Gasteiger partial charge on any atom is -0.494 e. The fourth-order valence-corrected chi connectivity index (χ4v) is 1.78. The van der Waals surface area contributed by atoms with E-state index in [1.165, 1.54) is 13.2 Å². The van der Waals surface area contributed by atoms with Crippen LogP contribution >= 0.6 is 0 Å². The van der Waals surface area contributed by atoms with Crippen molar-refractivity contribution < 1.29 is 9.13 Å². The molecule has 0 fully saturated rings. The van der Waals surface area contributed by atoms with Crippen LogP contribution in [0.25, 0.3) is 0 Å². The fourth-order valence-electron chi connectivity index (χ4n) is 1.78. The van der Waals surface area contributed by atoms with Crippen molar-refractivity contribution in [2.45, 2.75) is 12.5 Å². The van der Waals surface area contributed by atoms with E-state index in [2.05, 4.69) is 10.3 Å². The second kappa shape index (κ2) is 3.66. The van der Waals surface area contributed by atoms with Crippen LogP contribution in [0.3, 0.4) is 0 Å². The van der Waals surface area contributed by atoms with Crippen LogP contribution < -0.4 is 15.8 Å². The predicted molar refractivity (Wildman–Crippen MR) is 59.9 cm³/mol. The summed E-state index contributed by atoms with van der Waals surface area (Å²) in [6.45, 7) is 2.43. The quantitative estimate of drug-likeness (QED) is 0.785. The van der Waals surface area contributed by atoms with Gasteiger partial charge in [0.25, 0.3) is 0 Å². The number of hydrogen-bond donors (Lipinski definition) is 2. The number of rotatable bonds is 2. The van der Waals surface area contributed by atoms with Gasteiger partial charge in [0, 0.05) is 0 Å². The number of ether oxygens (including phenoxy) is 1. The molecule has 1 unspecified atom stereocenters. The van der Waals surface area contributed by atoms with Crippen molar-refractivity contribution in [3.05, 3.63) is 29.6 Å². The normalized spacial score (nSPS) is 23.8. The van der Waals surface area contributed by atoms with Crippen molar-refractivity contribution in [1.29, 1.82) is 0 Å². The molecule has 1 aromatic carbocycles. The first-order chi connectivity index (χ1) is 7.55. The molecule has 0 aliphatic carbocycles. The Morgan fingerprint density at radius 1 is 1.56 bits per heavy atom. The Morgan fingerprint density at radius 3 is 2.81 bits per heavy atom. The molecule has 0 amide bonds. The summed E-state index contributed by atoms with van der Waals surface area (Å²) in [5.41, 5.74) is 5.93. The molecule has 0 bridgehead atoms. The van der Waals surface area contributed by atoms with Crippen LogP contribution in [0, 0.1) is 5.82 Å². The predicted octanol–water partition coefficient (Wildman–Crippen LogP) is 0.967. The second-order valence-electron chi connectivity index (χ2n) is 4.01. The molecule has 0 radical (unpaired) electrons. The average molecular weight is 223 g/mol. The minimum atomic E-state index is -0.433. The van der Waals surface area contributed by atoms with Crippen molar-refractivity contribution in [2.75, 3.05) is 13.7 Å². The summed E-state index contributed by atoms with van der Waals surface area (Å²) in [6, 6.07) is 4.86. The first-order valence-corrected chi connectivity index (χ1v) is 4.97. The van der Waals surface area contributed by atoms with Crippen LogP contribution in [0.5, 0.6) is 5.75 Å². The molecule has 1 aliphatic rings. The highest BCUT2D eigenvalue weighted by atomic mass is 19.1. The third-order valence-corrected chi connectivity index (χ3v) is 2.76.